The number of likely N-dealkylation sites (tertiary alicyclic amines) is 1. The first-order valence-electron chi connectivity index (χ1n) is 8.83. The van der Waals surface area contributed by atoms with Gasteiger partial charge in [-0.2, -0.15) is 18.3 Å². The van der Waals surface area contributed by atoms with E-state index in [-0.39, 0.29) is 0 Å². The van der Waals surface area contributed by atoms with Crippen LogP contribution in [0.2, 0.25) is 0 Å². The Morgan fingerprint density at radius 2 is 1.88 bits per heavy atom. The molecule has 1 fully saturated rings. The molecule has 1 aromatic heterocycles. The smallest absolute Gasteiger partial charge is 0.368 e. The zero-order valence-corrected chi connectivity index (χ0v) is 14.8. The highest BCUT2D eigenvalue weighted by molar-refractivity contribution is 5.32. The Morgan fingerprint density at radius 3 is 2.54 bits per heavy atom. The number of alkyl halides is 3. The van der Waals surface area contributed by atoms with Gasteiger partial charge in [-0.05, 0) is 62.5 Å². The lowest BCUT2D eigenvalue weighted by molar-refractivity contribution is -0.137. The number of piperidine rings is 1. The SMILES string of the molecule is Cc1ccc(NCC2CCN(Cc3cccc(C(F)(F)F)c3)CC2)nn1. The maximum atomic E-state index is 12.8. The Labute approximate surface area is 151 Å². The summed E-state index contributed by atoms with van der Waals surface area (Å²) in [5.74, 6) is 1.32. The second-order valence-electron chi connectivity index (χ2n) is 6.86. The van der Waals surface area contributed by atoms with Gasteiger partial charge >= 0.3 is 6.18 Å². The predicted octanol–water partition coefficient (Wildman–Crippen LogP) is 4.13. The van der Waals surface area contributed by atoms with E-state index in [4.69, 9.17) is 0 Å². The van der Waals surface area contributed by atoms with E-state index in [1.165, 1.54) is 12.1 Å². The average molecular weight is 364 g/mol. The van der Waals surface area contributed by atoms with Crippen LogP contribution >= 0.6 is 0 Å². The molecule has 0 unspecified atom stereocenters. The number of aryl methyl sites for hydroxylation is 1. The number of hydrogen-bond acceptors (Lipinski definition) is 4. The molecule has 0 saturated carbocycles. The molecule has 7 heteroatoms. The summed E-state index contributed by atoms with van der Waals surface area (Å²) in [6.07, 6.45) is -2.25. The summed E-state index contributed by atoms with van der Waals surface area (Å²) in [4.78, 5) is 2.22. The number of halogens is 3. The molecule has 2 aromatic rings. The minimum Gasteiger partial charge on any atom is -0.368 e. The fourth-order valence-electron chi connectivity index (χ4n) is 3.20. The van der Waals surface area contributed by atoms with Crippen LogP contribution in [0.3, 0.4) is 0 Å². The van der Waals surface area contributed by atoms with E-state index in [1.54, 1.807) is 6.07 Å². The zero-order chi connectivity index (χ0) is 18.6. The monoisotopic (exact) mass is 364 g/mol. The van der Waals surface area contributed by atoms with Crippen LogP contribution in [-0.4, -0.2) is 34.7 Å². The highest BCUT2D eigenvalue weighted by atomic mass is 19.4. The Hall–Kier alpha value is -2.15. The molecule has 1 aliphatic rings. The molecule has 0 atom stereocenters. The van der Waals surface area contributed by atoms with E-state index in [9.17, 15) is 13.2 Å². The van der Waals surface area contributed by atoms with Gasteiger partial charge in [0, 0.05) is 13.1 Å². The van der Waals surface area contributed by atoms with Crippen molar-refractivity contribution in [3.05, 3.63) is 53.2 Å². The molecule has 1 aliphatic heterocycles. The number of benzene rings is 1. The largest absolute Gasteiger partial charge is 0.416 e. The molecule has 1 aromatic carbocycles. The predicted molar refractivity (Wildman–Crippen MR) is 94.7 cm³/mol. The minimum absolute atomic E-state index is 0.538. The molecule has 0 bridgehead atoms. The molecule has 3 rings (SSSR count). The number of nitrogens with zero attached hydrogens (tertiary/aromatic N) is 3. The standard InChI is InChI=1S/C19H23F3N4/c1-14-5-6-18(25-24-14)23-12-15-7-9-26(10-8-15)13-16-3-2-4-17(11-16)19(20,21)22/h2-6,11,15H,7-10,12-13H2,1H3,(H,23,25). The van der Waals surface area contributed by atoms with Crippen LogP contribution < -0.4 is 5.32 Å². The van der Waals surface area contributed by atoms with Crippen molar-refractivity contribution in [2.45, 2.75) is 32.5 Å². The second kappa shape index (κ2) is 8.03. The topological polar surface area (TPSA) is 41.0 Å². The van der Waals surface area contributed by atoms with Crippen LogP contribution in [0, 0.1) is 12.8 Å². The molecule has 2 heterocycles. The summed E-state index contributed by atoms with van der Waals surface area (Å²) in [5, 5.41) is 11.4. The normalized spacial score (nSPS) is 16.6. The molecule has 0 spiro atoms. The van der Waals surface area contributed by atoms with Gasteiger partial charge < -0.3 is 5.32 Å². The van der Waals surface area contributed by atoms with Crippen molar-refractivity contribution in [2.24, 2.45) is 5.92 Å². The Balaban J connectivity index is 1.46. The molecule has 140 valence electrons. The van der Waals surface area contributed by atoms with Gasteiger partial charge in [-0.3, -0.25) is 4.90 Å². The molecular formula is C19H23F3N4. The number of nitrogens with one attached hydrogen (secondary N) is 1. The van der Waals surface area contributed by atoms with Crippen molar-refractivity contribution in [3.8, 4) is 0 Å². The average Bonchev–Trinajstić information content (AvgIpc) is 2.62. The lowest BCUT2D eigenvalue weighted by Crippen LogP contribution is -2.35. The van der Waals surface area contributed by atoms with Crippen LogP contribution in [0.4, 0.5) is 19.0 Å². The second-order valence-corrected chi connectivity index (χ2v) is 6.86. The lowest BCUT2D eigenvalue weighted by Gasteiger charge is -2.32. The summed E-state index contributed by atoms with van der Waals surface area (Å²) >= 11 is 0. The first-order chi connectivity index (χ1) is 12.4. The summed E-state index contributed by atoms with van der Waals surface area (Å²) in [5.41, 5.74) is 1.03. The fourth-order valence-corrected chi connectivity index (χ4v) is 3.20. The summed E-state index contributed by atoms with van der Waals surface area (Å²) in [6.45, 7) is 5.09. The van der Waals surface area contributed by atoms with E-state index in [0.717, 1.165) is 50.1 Å². The van der Waals surface area contributed by atoms with Crippen LogP contribution in [-0.2, 0) is 12.7 Å². The van der Waals surface area contributed by atoms with Crippen LogP contribution in [0.15, 0.2) is 36.4 Å². The molecule has 0 radical (unpaired) electrons. The molecule has 4 nitrogen and oxygen atoms in total. The molecule has 1 saturated heterocycles. The van der Waals surface area contributed by atoms with Gasteiger partial charge in [0.25, 0.3) is 0 Å². The minimum atomic E-state index is -4.28. The highest BCUT2D eigenvalue weighted by Gasteiger charge is 2.30. The van der Waals surface area contributed by atoms with Crippen molar-refractivity contribution < 1.29 is 13.2 Å². The first kappa shape index (κ1) is 18.6. The molecule has 0 aliphatic carbocycles. The van der Waals surface area contributed by atoms with Gasteiger partial charge in [0.15, 0.2) is 0 Å². The number of aromatic nitrogens is 2. The van der Waals surface area contributed by atoms with Gasteiger partial charge in [-0.15, -0.1) is 5.10 Å². The maximum absolute atomic E-state index is 12.8. The highest BCUT2D eigenvalue weighted by Crippen LogP contribution is 2.30. The quantitative estimate of drug-likeness (QED) is 0.866. The molecular weight excluding hydrogens is 341 g/mol. The van der Waals surface area contributed by atoms with Gasteiger partial charge in [-0.25, -0.2) is 0 Å². The Bertz CT molecular complexity index is 707. The van der Waals surface area contributed by atoms with Gasteiger partial charge in [-0.1, -0.05) is 18.2 Å². The lowest BCUT2D eigenvalue weighted by atomic mass is 9.96. The molecule has 1 N–H and O–H groups in total. The number of rotatable bonds is 5. The van der Waals surface area contributed by atoms with Crippen LogP contribution in [0.1, 0.15) is 29.7 Å². The Morgan fingerprint density at radius 1 is 1.12 bits per heavy atom. The third-order valence-electron chi connectivity index (χ3n) is 4.74. The van der Waals surface area contributed by atoms with Crippen molar-refractivity contribution in [1.29, 1.82) is 0 Å². The summed E-state index contributed by atoms with van der Waals surface area (Å²) in [6, 6.07) is 9.47. The van der Waals surface area contributed by atoms with Crippen molar-refractivity contribution in [3.63, 3.8) is 0 Å². The summed E-state index contributed by atoms with van der Waals surface area (Å²) in [7, 11) is 0. The van der Waals surface area contributed by atoms with Gasteiger partial charge in [0.1, 0.15) is 5.82 Å². The fraction of sp³-hybridized carbons (Fsp3) is 0.474. The Kier molecular flexibility index (Phi) is 5.76. The van der Waals surface area contributed by atoms with E-state index in [0.29, 0.717) is 18.0 Å². The number of anilines is 1. The van der Waals surface area contributed by atoms with E-state index in [2.05, 4.69) is 20.4 Å². The third kappa shape index (κ3) is 5.17. The first-order valence-corrected chi connectivity index (χ1v) is 8.83. The third-order valence-corrected chi connectivity index (χ3v) is 4.74. The van der Waals surface area contributed by atoms with Crippen molar-refractivity contribution >= 4 is 5.82 Å². The summed E-state index contributed by atoms with van der Waals surface area (Å²) < 4.78 is 38.4. The van der Waals surface area contributed by atoms with Crippen LogP contribution in [0.25, 0.3) is 0 Å². The van der Waals surface area contributed by atoms with Gasteiger partial charge in [0.2, 0.25) is 0 Å². The van der Waals surface area contributed by atoms with Crippen molar-refractivity contribution in [2.75, 3.05) is 25.0 Å². The van der Waals surface area contributed by atoms with E-state index in [1.807, 2.05) is 19.1 Å². The van der Waals surface area contributed by atoms with E-state index < -0.39 is 11.7 Å². The van der Waals surface area contributed by atoms with Crippen molar-refractivity contribution in [1.82, 2.24) is 15.1 Å². The maximum Gasteiger partial charge on any atom is 0.416 e. The van der Waals surface area contributed by atoms with Gasteiger partial charge in [0.05, 0.1) is 11.3 Å². The molecule has 26 heavy (non-hydrogen) atoms. The van der Waals surface area contributed by atoms with E-state index >= 15 is 0 Å². The molecule has 0 amide bonds. The van der Waals surface area contributed by atoms with Crippen LogP contribution in [0.5, 0.6) is 0 Å². The zero-order valence-electron chi connectivity index (χ0n) is 14.8. The number of hydrogen-bond donors (Lipinski definition) is 1.